The second-order valence-electron chi connectivity index (χ2n) is 7.84. The fourth-order valence-corrected chi connectivity index (χ4v) is 4.79. The second kappa shape index (κ2) is 6.49. The summed E-state index contributed by atoms with van der Waals surface area (Å²) >= 11 is 0. The molecule has 5 heteroatoms. The van der Waals surface area contributed by atoms with Crippen LogP contribution in [-0.2, 0) is 0 Å². The minimum atomic E-state index is 0.979. The summed E-state index contributed by atoms with van der Waals surface area (Å²) in [5.41, 5.74) is 8.51. The first-order valence-corrected chi connectivity index (χ1v) is 10.5. The lowest BCUT2D eigenvalue weighted by molar-refractivity contribution is 1.13. The molecule has 0 bridgehead atoms. The van der Waals surface area contributed by atoms with Gasteiger partial charge in [-0.3, -0.25) is 15.0 Å². The van der Waals surface area contributed by atoms with Gasteiger partial charge in [-0.15, -0.1) is 0 Å². The van der Waals surface area contributed by atoms with Gasteiger partial charge in [0.1, 0.15) is 0 Å². The van der Waals surface area contributed by atoms with E-state index in [-0.39, 0.29) is 0 Å². The molecule has 5 aromatic heterocycles. The van der Waals surface area contributed by atoms with Crippen molar-refractivity contribution < 1.29 is 0 Å². The fraction of sp³-hybridized carbons (Fsp3) is 0. The van der Waals surface area contributed by atoms with Crippen molar-refractivity contribution in [2.24, 2.45) is 0 Å². The molecule has 0 spiro atoms. The highest BCUT2D eigenvalue weighted by molar-refractivity contribution is 6.10. The van der Waals surface area contributed by atoms with Crippen molar-refractivity contribution in [2.45, 2.75) is 0 Å². The third-order valence-corrected chi connectivity index (χ3v) is 6.09. The number of fused-ring (bicyclic) bond motifs is 6. The molecule has 7 rings (SSSR count). The van der Waals surface area contributed by atoms with Crippen molar-refractivity contribution in [1.29, 1.82) is 0 Å². The van der Waals surface area contributed by atoms with Gasteiger partial charge in [-0.1, -0.05) is 18.2 Å². The standard InChI is InChI=1S/C27H17N5/c1-2-8-22-20(7-1)26-24(9-4-14-29-26)31(22)18-11-12-23-21(16-18)27-25(10-5-15-30-27)32(23)19-6-3-13-28-17-19/h1-17H. The van der Waals surface area contributed by atoms with Crippen LogP contribution in [-0.4, -0.2) is 24.1 Å². The van der Waals surface area contributed by atoms with Crippen LogP contribution in [0.15, 0.2) is 104 Å². The molecular formula is C27H17N5. The van der Waals surface area contributed by atoms with E-state index in [9.17, 15) is 0 Å². The molecule has 0 fully saturated rings. The monoisotopic (exact) mass is 411 g/mol. The summed E-state index contributed by atoms with van der Waals surface area (Å²) in [6.07, 6.45) is 7.39. The molecule has 0 aliphatic rings. The van der Waals surface area contributed by atoms with Crippen LogP contribution in [0.5, 0.6) is 0 Å². The Morgan fingerprint density at radius 2 is 1.16 bits per heavy atom. The van der Waals surface area contributed by atoms with Gasteiger partial charge in [0.15, 0.2) is 0 Å². The van der Waals surface area contributed by atoms with Crippen molar-refractivity contribution in [3.05, 3.63) is 104 Å². The van der Waals surface area contributed by atoms with Gasteiger partial charge in [-0.25, -0.2) is 0 Å². The first-order valence-electron chi connectivity index (χ1n) is 10.5. The topological polar surface area (TPSA) is 48.5 Å². The smallest absolute Gasteiger partial charge is 0.0964 e. The lowest BCUT2D eigenvalue weighted by atomic mass is 10.2. The van der Waals surface area contributed by atoms with E-state index in [1.54, 1.807) is 6.20 Å². The maximum atomic E-state index is 4.74. The Balaban J connectivity index is 1.59. The lowest BCUT2D eigenvalue weighted by Crippen LogP contribution is -1.96. The maximum Gasteiger partial charge on any atom is 0.0964 e. The van der Waals surface area contributed by atoms with Crippen LogP contribution in [0.3, 0.4) is 0 Å². The summed E-state index contributed by atoms with van der Waals surface area (Å²) in [7, 11) is 0. The van der Waals surface area contributed by atoms with E-state index in [4.69, 9.17) is 4.98 Å². The number of hydrogen-bond acceptors (Lipinski definition) is 3. The molecule has 150 valence electrons. The van der Waals surface area contributed by atoms with Gasteiger partial charge >= 0.3 is 0 Å². The number of aromatic nitrogens is 5. The predicted octanol–water partition coefficient (Wildman–Crippen LogP) is 6.07. The van der Waals surface area contributed by atoms with E-state index in [1.165, 1.54) is 0 Å². The van der Waals surface area contributed by atoms with Crippen LogP contribution in [0.1, 0.15) is 0 Å². The Kier molecular flexibility index (Phi) is 3.49. The third-order valence-electron chi connectivity index (χ3n) is 6.09. The molecule has 0 unspecified atom stereocenters. The van der Waals surface area contributed by atoms with Crippen LogP contribution in [0.4, 0.5) is 0 Å². The zero-order valence-corrected chi connectivity index (χ0v) is 17.1. The quantitative estimate of drug-likeness (QED) is 0.347. The Hall–Kier alpha value is -4.51. The Morgan fingerprint density at radius 1 is 0.500 bits per heavy atom. The van der Waals surface area contributed by atoms with Gasteiger partial charge in [0.2, 0.25) is 0 Å². The van der Waals surface area contributed by atoms with Crippen LogP contribution < -0.4 is 0 Å². The van der Waals surface area contributed by atoms with Crippen LogP contribution in [0.2, 0.25) is 0 Å². The maximum absolute atomic E-state index is 4.74. The Bertz CT molecular complexity index is 1720. The molecule has 0 saturated carbocycles. The van der Waals surface area contributed by atoms with Crippen molar-refractivity contribution in [1.82, 2.24) is 24.1 Å². The molecule has 7 aromatic rings. The molecule has 2 aromatic carbocycles. The molecular weight excluding hydrogens is 394 g/mol. The van der Waals surface area contributed by atoms with Crippen molar-refractivity contribution in [3.63, 3.8) is 0 Å². The van der Waals surface area contributed by atoms with Crippen LogP contribution in [0, 0.1) is 0 Å². The van der Waals surface area contributed by atoms with E-state index in [0.29, 0.717) is 0 Å². The van der Waals surface area contributed by atoms with Gasteiger partial charge in [0, 0.05) is 35.1 Å². The van der Waals surface area contributed by atoms with E-state index in [2.05, 4.69) is 79.8 Å². The molecule has 0 saturated heterocycles. The Morgan fingerprint density at radius 3 is 1.94 bits per heavy atom. The van der Waals surface area contributed by atoms with Crippen LogP contribution >= 0.6 is 0 Å². The van der Waals surface area contributed by atoms with Gasteiger partial charge in [-0.05, 0) is 60.7 Å². The van der Waals surface area contributed by atoms with Gasteiger partial charge < -0.3 is 9.13 Å². The predicted molar refractivity (Wildman–Crippen MR) is 129 cm³/mol. The molecule has 0 atom stereocenters. The van der Waals surface area contributed by atoms with Gasteiger partial charge in [0.05, 0.1) is 45.0 Å². The molecule has 0 N–H and O–H groups in total. The first-order chi connectivity index (χ1) is 15.9. The SMILES string of the molecule is c1cncc(-n2c3ccc(-n4c5ccccc5c5ncccc54)cc3c3ncccc32)c1. The molecule has 0 aliphatic carbocycles. The Labute approximate surface area is 183 Å². The van der Waals surface area contributed by atoms with Crippen LogP contribution in [0.25, 0.3) is 55.2 Å². The highest BCUT2D eigenvalue weighted by Crippen LogP contribution is 2.35. The number of para-hydroxylation sites is 1. The third kappa shape index (κ3) is 2.30. The molecule has 5 nitrogen and oxygen atoms in total. The number of hydrogen-bond donors (Lipinski definition) is 0. The normalized spacial score (nSPS) is 11.8. The zero-order chi connectivity index (χ0) is 21.1. The highest BCUT2D eigenvalue weighted by atomic mass is 15.0. The highest BCUT2D eigenvalue weighted by Gasteiger charge is 2.16. The number of rotatable bonds is 2. The summed E-state index contributed by atoms with van der Waals surface area (Å²) in [6.45, 7) is 0. The fourth-order valence-electron chi connectivity index (χ4n) is 4.79. The summed E-state index contributed by atoms with van der Waals surface area (Å²) in [5, 5.41) is 2.26. The molecule has 0 radical (unpaired) electrons. The summed E-state index contributed by atoms with van der Waals surface area (Å²) in [5.74, 6) is 0. The van der Waals surface area contributed by atoms with Gasteiger partial charge in [-0.2, -0.15) is 0 Å². The van der Waals surface area contributed by atoms with E-state index >= 15 is 0 Å². The summed E-state index contributed by atoms with van der Waals surface area (Å²) in [4.78, 5) is 13.7. The largest absolute Gasteiger partial charge is 0.308 e. The van der Waals surface area contributed by atoms with Crippen molar-refractivity contribution in [3.8, 4) is 11.4 Å². The number of pyridine rings is 3. The van der Waals surface area contributed by atoms with Crippen molar-refractivity contribution >= 4 is 43.9 Å². The number of benzene rings is 2. The summed E-state index contributed by atoms with van der Waals surface area (Å²) < 4.78 is 4.51. The summed E-state index contributed by atoms with van der Waals surface area (Å²) in [6, 6.07) is 27.3. The van der Waals surface area contributed by atoms with Crippen molar-refractivity contribution in [2.75, 3.05) is 0 Å². The lowest BCUT2D eigenvalue weighted by Gasteiger charge is -2.09. The first kappa shape index (κ1) is 17.2. The zero-order valence-electron chi connectivity index (χ0n) is 17.1. The average Bonchev–Trinajstić information content (AvgIpc) is 3.37. The number of nitrogens with zero attached hydrogens (tertiary/aromatic N) is 5. The minimum Gasteiger partial charge on any atom is -0.308 e. The molecule has 32 heavy (non-hydrogen) atoms. The van der Waals surface area contributed by atoms with Gasteiger partial charge in [0.25, 0.3) is 0 Å². The average molecular weight is 411 g/mol. The molecule has 0 aliphatic heterocycles. The van der Waals surface area contributed by atoms with E-state index in [1.807, 2.05) is 36.8 Å². The minimum absolute atomic E-state index is 0.979. The van der Waals surface area contributed by atoms with E-state index in [0.717, 1.165) is 55.2 Å². The van der Waals surface area contributed by atoms with E-state index < -0.39 is 0 Å². The molecule has 0 amide bonds. The molecule has 5 heterocycles. The second-order valence-corrected chi connectivity index (χ2v) is 7.84.